The molecular formula is C10H6F5NO. The van der Waals surface area contributed by atoms with E-state index in [-0.39, 0.29) is 11.3 Å². The van der Waals surface area contributed by atoms with E-state index in [1.54, 1.807) is 0 Å². The van der Waals surface area contributed by atoms with Crippen LogP contribution in [0.15, 0.2) is 12.1 Å². The van der Waals surface area contributed by atoms with Gasteiger partial charge in [0.1, 0.15) is 0 Å². The molecule has 7 heteroatoms. The Morgan fingerprint density at radius 2 is 1.71 bits per heavy atom. The molecule has 0 fully saturated rings. The van der Waals surface area contributed by atoms with Crippen LogP contribution in [0.5, 0.6) is 0 Å². The molecule has 0 saturated carbocycles. The number of nitrogens with zero attached hydrogens (tertiary/aromatic N) is 1. The second-order valence-electron chi connectivity index (χ2n) is 3.58. The van der Waals surface area contributed by atoms with Crippen molar-refractivity contribution in [2.45, 2.75) is 12.7 Å². The lowest BCUT2D eigenvalue weighted by molar-refractivity contribution is -0.129. The monoisotopic (exact) mass is 251 g/mol. The molecule has 1 aromatic rings. The van der Waals surface area contributed by atoms with E-state index in [4.69, 9.17) is 0 Å². The van der Waals surface area contributed by atoms with Crippen molar-refractivity contribution in [3.05, 3.63) is 29.3 Å². The molecule has 0 radical (unpaired) electrons. The Morgan fingerprint density at radius 1 is 1.12 bits per heavy atom. The average Bonchev–Trinajstić information content (AvgIpc) is 2.19. The number of ketones is 1. The van der Waals surface area contributed by atoms with Crippen LogP contribution in [0.25, 0.3) is 0 Å². The molecule has 0 bridgehead atoms. The zero-order valence-corrected chi connectivity index (χ0v) is 8.31. The summed E-state index contributed by atoms with van der Waals surface area (Å²) < 4.78 is 63.5. The van der Waals surface area contributed by atoms with Crippen molar-refractivity contribution < 1.29 is 26.7 Å². The fourth-order valence-corrected chi connectivity index (χ4v) is 1.71. The predicted octanol–water partition coefficient (Wildman–Crippen LogP) is 2.88. The number of carbonyl (C=O) groups is 1. The van der Waals surface area contributed by atoms with Gasteiger partial charge in [0.25, 0.3) is 0 Å². The molecule has 2 rings (SSSR count). The van der Waals surface area contributed by atoms with Crippen LogP contribution in [0, 0.1) is 11.6 Å². The zero-order chi connectivity index (χ0) is 12.8. The van der Waals surface area contributed by atoms with Crippen molar-refractivity contribution >= 4 is 11.5 Å². The van der Waals surface area contributed by atoms with E-state index in [9.17, 15) is 26.7 Å². The Kier molecular flexibility index (Phi) is 2.56. The fourth-order valence-electron chi connectivity index (χ4n) is 1.71. The molecule has 0 aromatic heterocycles. The highest BCUT2D eigenvalue weighted by atomic mass is 19.4. The number of alkyl halides is 3. The molecular weight excluding hydrogens is 245 g/mol. The first-order chi connectivity index (χ1) is 7.80. The maximum absolute atomic E-state index is 12.9. The predicted molar refractivity (Wildman–Crippen MR) is 48.7 cm³/mol. The molecule has 17 heavy (non-hydrogen) atoms. The Hall–Kier alpha value is -1.66. The second-order valence-corrected chi connectivity index (χ2v) is 3.58. The number of Topliss-reactive ketones (excluding diaryl/α,β-unsaturated/α-hetero) is 1. The van der Waals surface area contributed by atoms with Crippen LogP contribution in [0.4, 0.5) is 27.6 Å². The Morgan fingerprint density at radius 3 is 2.29 bits per heavy atom. The van der Waals surface area contributed by atoms with Crippen LogP contribution < -0.4 is 4.90 Å². The normalized spacial score (nSPS) is 16.1. The van der Waals surface area contributed by atoms with Gasteiger partial charge in [-0.1, -0.05) is 0 Å². The van der Waals surface area contributed by atoms with E-state index in [0.717, 1.165) is 0 Å². The summed E-state index contributed by atoms with van der Waals surface area (Å²) in [5.41, 5.74) is -1.07. The smallest absolute Gasteiger partial charge is 0.294 e. The molecule has 1 aliphatic heterocycles. The number of carbonyl (C=O) groups excluding carboxylic acids is 1. The molecule has 1 heterocycles. The summed E-state index contributed by atoms with van der Waals surface area (Å²) in [6.07, 6.45) is -5.10. The first kappa shape index (κ1) is 11.8. The minimum Gasteiger partial charge on any atom is -0.294 e. The van der Waals surface area contributed by atoms with Crippen LogP contribution >= 0.6 is 0 Å². The number of hydrogen-bond donors (Lipinski definition) is 0. The van der Waals surface area contributed by atoms with Gasteiger partial charge in [-0.2, -0.15) is 13.2 Å². The summed E-state index contributed by atoms with van der Waals surface area (Å²) in [6.45, 7) is -0.583. The molecule has 0 aliphatic carbocycles. The first-order valence-electron chi connectivity index (χ1n) is 4.67. The number of anilines is 1. The van der Waals surface area contributed by atoms with Crippen molar-refractivity contribution in [2.75, 3.05) is 11.4 Å². The van der Waals surface area contributed by atoms with Crippen molar-refractivity contribution in [1.29, 1.82) is 0 Å². The maximum atomic E-state index is 12.9. The van der Waals surface area contributed by atoms with E-state index in [1.807, 2.05) is 0 Å². The van der Waals surface area contributed by atoms with Crippen LogP contribution in [0.2, 0.25) is 0 Å². The lowest BCUT2D eigenvalue weighted by Crippen LogP contribution is -2.43. The highest BCUT2D eigenvalue weighted by molar-refractivity contribution is 6.03. The van der Waals surface area contributed by atoms with Gasteiger partial charge in [-0.05, 0) is 6.07 Å². The zero-order valence-electron chi connectivity index (χ0n) is 8.31. The van der Waals surface area contributed by atoms with Gasteiger partial charge in [0.15, 0.2) is 17.4 Å². The Bertz CT molecular complexity index is 482. The summed E-state index contributed by atoms with van der Waals surface area (Å²) in [7, 11) is 0. The van der Waals surface area contributed by atoms with Crippen LogP contribution in [0.3, 0.4) is 0 Å². The lowest BCUT2D eigenvalue weighted by Gasteiger charge is -2.31. The van der Waals surface area contributed by atoms with Crippen molar-refractivity contribution in [1.82, 2.24) is 0 Å². The van der Waals surface area contributed by atoms with E-state index in [1.165, 1.54) is 0 Å². The van der Waals surface area contributed by atoms with Gasteiger partial charge in [-0.3, -0.25) is 9.69 Å². The Labute approximate surface area is 92.6 Å². The van der Waals surface area contributed by atoms with Gasteiger partial charge in [0, 0.05) is 24.6 Å². The van der Waals surface area contributed by atoms with Gasteiger partial charge in [-0.25, -0.2) is 8.78 Å². The van der Waals surface area contributed by atoms with Gasteiger partial charge in [-0.15, -0.1) is 0 Å². The van der Waals surface area contributed by atoms with E-state index in [2.05, 4.69) is 0 Å². The SMILES string of the molecule is O=C1CCN(C(F)(F)F)c2cc(F)c(F)cc21. The molecule has 0 N–H and O–H groups in total. The largest absolute Gasteiger partial charge is 0.484 e. The molecule has 92 valence electrons. The highest BCUT2D eigenvalue weighted by Crippen LogP contribution is 2.36. The van der Waals surface area contributed by atoms with Gasteiger partial charge in [0.05, 0.1) is 5.69 Å². The van der Waals surface area contributed by atoms with E-state index < -0.39 is 41.5 Å². The number of rotatable bonds is 0. The molecule has 0 spiro atoms. The Balaban J connectivity index is 2.60. The molecule has 2 nitrogen and oxygen atoms in total. The molecule has 0 saturated heterocycles. The summed E-state index contributed by atoms with van der Waals surface area (Å²) in [6, 6.07) is 0.903. The number of fused-ring (bicyclic) bond motifs is 1. The first-order valence-corrected chi connectivity index (χ1v) is 4.67. The topological polar surface area (TPSA) is 20.3 Å². The quantitative estimate of drug-likeness (QED) is 0.522. The van der Waals surface area contributed by atoms with Gasteiger partial charge in [0.2, 0.25) is 0 Å². The maximum Gasteiger partial charge on any atom is 0.484 e. The molecule has 1 aliphatic rings. The summed E-state index contributed by atoms with van der Waals surface area (Å²) in [5, 5.41) is 0. The van der Waals surface area contributed by atoms with Crippen LogP contribution in [-0.4, -0.2) is 18.6 Å². The van der Waals surface area contributed by atoms with Crippen LogP contribution in [0.1, 0.15) is 16.8 Å². The van der Waals surface area contributed by atoms with Gasteiger partial charge >= 0.3 is 6.30 Å². The minimum atomic E-state index is -4.72. The molecule has 0 atom stereocenters. The lowest BCUT2D eigenvalue weighted by atomic mass is 10.0. The van der Waals surface area contributed by atoms with Crippen molar-refractivity contribution in [3.8, 4) is 0 Å². The number of benzene rings is 1. The average molecular weight is 251 g/mol. The third-order valence-corrected chi connectivity index (χ3v) is 2.50. The third kappa shape index (κ3) is 1.96. The fraction of sp³-hybridized carbons (Fsp3) is 0.300. The van der Waals surface area contributed by atoms with E-state index in [0.29, 0.717) is 12.1 Å². The van der Waals surface area contributed by atoms with Crippen molar-refractivity contribution in [3.63, 3.8) is 0 Å². The standard InChI is InChI=1S/C10H6F5NO/c11-6-3-5-8(4-7(6)12)16(10(13,14)15)2-1-9(5)17/h3-4H,1-2H2. The molecule has 0 unspecified atom stereocenters. The summed E-state index contributed by atoms with van der Waals surface area (Å²) in [4.78, 5) is 11.3. The van der Waals surface area contributed by atoms with E-state index >= 15 is 0 Å². The summed E-state index contributed by atoms with van der Waals surface area (Å²) >= 11 is 0. The van der Waals surface area contributed by atoms with Crippen LogP contribution in [-0.2, 0) is 0 Å². The number of halogens is 5. The third-order valence-electron chi connectivity index (χ3n) is 2.50. The highest BCUT2D eigenvalue weighted by Gasteiger charge is 2.42. The van der Waals surface area contributed by atoms with Crippen molar-refractivity contribution in [2.24, 2.45) is 0 Å². The van der Waals surface area contributed by atoms with Gasteiger partial charge < -0.3 is 0 Å². The molecule has 1 aromatic carbocycles. The second kappa shape index (κ2) is 3.68. The number of hydrogen-bond acceptors (Lipinski definition) is 2. The summed E-state index contributed by atoms with van der Waals surface area (Å²) in [5.74, 6) is -3.37. The molecule has 0 amide bonds. The minimum absolute atomic E-state index is 0.0632.